The molecule has 0 aliphatic carbocycles. The van der Waals surface area contributed by atoms with Gasteiger partial charge in [-0.2, -0.15) is 0 Å². The van der Waals surface area contributed by atoms with E-state index in [2.05, 4.69) is 19.9 Å². The molecule has 0 aliphatic rings. The molecule has 0 fully saturated rings. The summed E-state index contributed by atoms with van der Waals surface area (Å²) in [5.74, 6) is 0.680. The van der Waals surface area contributed by atoms with E-state index in [-0.39, 0.29) is 5.82 Å². The summed E-state index contributed by atoms with van der Waals surface area (Å²) in [5, 5.41) is 0. The predicted molar refractivity (Wildman–Crippen MR) is 100 cm³/mol. The van der Waals surface area contributed by atoms with Crippen molar-refractivity contribution in [2.45, 2.75) is 26.7 Å². The summed E-state index contributed by atoms with van der Waals surface area (Å²) in [6.45, 7) is 3.93. The molecule has 4 rings (SSSR count). The van der Waals surface area contributed by atoms with E-state index >= 15 is 0 Å². The summed E-state index contributed by atoms with van der Waals surface area (Å²) in [4.78, 5) is 16.6. The van der Waals surface area contributed by atoms with Gasteiger partial charge in [0, 0.05) is 24.4 Å². The van der Waals surface area contributed by atoms with Gasteiger partial charge in [0.2, 0.25) is 0 Å². The van der Waals surface area contributed by atoms with Crippen molar-refractivity contribution in [2.75, 3.05) is 0 Å². The number of benzene rings is 1. The second-order valence-electron chi connectivity index (χ2n) is 6.58. The Morgan fingerprint density at radius 1 is 0.962 bits per heavy atom. The van der Waals surface area contributed by atoms with E-state index in [1.165, 1.54) is 12.1 Å². The molecule has 3 heterocycles. The number of rotatable bonds is 4. The van der Waals surface area contributed by atoms with Gasteiger partial charge in [0.1, 0.15) is 11.6 Å². The van der Waals surface area contributed by atoms with Gasteiger partial charge in [-0.1, -0.05) is 0 Å². The van der Waals surface area contributed by atoms with Crippen LogP contribution in [0.4, 0.5) is 4.39 Å². The molecule has 0 bridgehead atoms. The molecule has 5 heteroatoms. The Balaban J connectivity index is 1.56. The number of pyridine rings is 2. The van der Waals surface area contributed by atoms with Gasteiger partial charge in [-0.15, -0.1) is 0 Å². The van der Waals surface area contributed by atoms with Crippen molar-refractivity contribution in [2.24, 2.45) is 0 Å². The minimum Gasteiger partial charge on any atom is -0.340 e. The average Bonchev–Trinajstić information content (AvgIpc) is 3.04. The lowest BCUT2D eigenvalue weighted by Gasteiger charge is -2.06. The van der Waals surface area contributed by atoms with Crippen LogP contribution in [0.2, 0.25) is 0 Å². The Bertz CT molecular complexity index is 1060. The van der Waals surface area contributed by atoms with Gasteiger partial charge in [-0.05, 0) is 73.4 Å². The molecule has 4 nitrogen and oxygen atoms in total. The van der Waals surface area contributed by atoms with Crippen molar-refractivity contribution in [1.82, 2.24) is 19.9 Å². The number of nitrogens with one attached hydrogen (secondary N) is 1. The van der Waals surface area contributed by atoms with Crippen molar-refractivity contribution >= 4 is 11.2 Å². The van der Waals surface area contributed by atoms with Gasteiger partial charge < -0.3 is 4.98 Å². The number of nitrogens with zero attached hydrogens (tertiary/aromatic N) is 3. The molecular weight excluding hydrogens is 327 g/mol. The number of halogens is 1. The van der Waals surface area contributed by atoms with E-state index in [0.717, 1.165) is 57.8 Å². The average molecular weight is 346 g/mol. The Hall–Kier alpha value is -3.08. The zero-order valence-corrected chi connectivity index (χ0v) is 14.8. The Morgan fingerprint density at radius 3 is 2.62 bits per heavy atom. The second-order valence-corrected chi connectivity index (χ2v) is 6.58. The van der Waals surface area contributed by atoms with Crippen molar-refractivity contribution in [3.05, 3.63) is 77.1 Å². The molecule has 4 aromatic rings. The maximum absolute atomic E-state index is 13.7. The van der Waals surface area contributed by atoms with Crippen LogP contribution in [0.1, 0.15) is 22.5 Å². The highest BCUT2D eigenvalue weighted by molar-refractivity contribution is 5.74. The molecule has 0 saturated carbocycles. The minimum absolute atomic E-state index is 0.239. The summed E-state index contributed by atoms with van der Waals surface area (Å²) >= 11 is 0. The van der Waals surface area contributed by atoms with Crippen molar-refractivity contribution < 1.29 is 4.39 Å². The van der Waals surface area contributed by atoms with Crippen molar-refractivity contribution in [3.8, 4) is 11.3 Å². The fourth-order valence-corrected chi connectivity index (χ4v) is 3.14. The van der Waals surface area contributed by atoms with Gasteiger partial charge in [0.05, 0.1) is 11.2 Å². The third kappa shape index (κ3) is 3.33. The van der Waals surface area contributed by atoms with Gasteiger partial charge in [0.15, 0.2) is 5.65 Å². The van der Waals surface area contributed by atoms with Gasteiger partial charge in [-0.25, -0.2) is 14.4 Å². The lowest BCUT2D eigenvalue weighted by Crippen LogP contribution is -1.95. The first-order valence-corrected chi connectivity index (χ1v) is 8.61. The van der Waals surface area contributed by atoms with Crippen LogP contribution in [0.25, 0.3) is 22.4 Å². The molecule has 3 aromatic heterocycles. The number of hydrogen-bond donors (Lipinski definition) is 1. The van der Waals surface area contributed by atoms with E-state index in [4.69, 9.17) is 0 Å². The molecule has 0 unspecified atom stereocenters. The van der Waals surface area contributed by atoms with E-state index in [1.807, 2.05) is 38.1 Å². The van der Waals surface area contributed by atoms with Crippen LogP contribution in [0.3, 0.4) is 0 Å². The Morgan fingerprint density at radius 2 is 1.81 bits per heavy atom. The molecule has 0 spiro atoms. The second kappa shape index (κ2) is 6.67. The van der Waals surface area contributed by atoms with Crippen LogP contribution in [-0.2, 0) is 12.8 Å². The molecule has 1 N–H and O–H groups in total. The van der Waals surface area contributed by atoms with Crippen LogP contribution in [0, 0.1) is 19.7 Å². The SMILES string of the molecule is Cc1cc(F)cc(-c2cc(CCc3nc4nccc(C)c4[nH]3)ccn2)c1. The third-order valence-corrected chi connectivity index (χ3v) is 4.46. The molecule has 26 heavy (non-hydrogen) atoms. The van der Waals surface area contributed by atoms with Crippen LogP contribution in [0.15, 0.2) is 48.8 Å². The summed E-state index contributed by atoms with van der Waals surface area (Å²) in [6, 6.07) is 11.0. The highest BCUT2D eigenvalue weighted by atomic mass is 19.1. The standard InChI is InChI=1S/C21H19FN4/c1-13-9-16(12-17(22)10-13)18-11-15(6-8-23-18)3-4-19-25-20-14(2)5-7-24-21(20)26-19/h5-12H,3-4H2,1-2H3,(H,24,25,26). The minimum atomic E-state index is -0.239. The first kappa shape index (κ1) is 16.4. The number of hydrogen-bond acceptors (Lipinski definition) is 3. The molecule has 0 radical (unpaired) electrons. The molecule has 0 aliphatic heterocycles. The maximum atomic E-state index is 13.7. The zero-order chi connectivity index (χ0) is 18.1. The lowest BCUT2D eigenvalue weighted by atomic mass is 10.0. The molecule has 130 valence electrons. The predicted octanol–water partition coefficient (Wildman–Crippen LogP) is 4.56. The number of aromatic nitrogens is 4. The van der Waals surface area contributed by atoms with Crippen LogP contribution >= 0.6 is 0 Å². The molecule has 1 aromatic carbocycles. The number of aromatic amines is 1. The van der Waals surface area contributed by atoms with E-state index < -0.39 is 0 Å². The summed E-state index contributed by atoms with van der Waals surface area (Å²) in [5.41, 5.74) is 6.50. The largest absolute Gasteiger partial charge is 0.340 e. The Kier molecular flexibility index (Phi) is 4.21. The summed E-state index contributed by atoms with van der Waals surface area (Å²) in [6.07, 6.45) is 5.15. The van der Waals surface area contributed by atoms with Gasteiger partial charge in [-0.3, -0.25) is 4.98 Å². The highest BCUT2D eigenvalue weighted by Gasteiger charge is 2.08. The van der Waals surface area contributed by atoms with E-state index in [9.17, 15) is 4.39 Å². The fourth-order valence-electron chi connectivity index (χ4n) is 3.14. The van der Waals surface area contributed by atoms with Crippen molar-refractivity contribution in [3.63, 3.8) is 0 Å². The number of imidazole rings is 1. The lowest BCUT2D eigenvalue weighted by molar-refractivity contribution is 0.627. The number of H-pyrrole nitrogens is 1. The van der Waals surface area contributed by atoms with Gasteiger partial charge in [0.25, 0.3) is 0 Å². The molecular formula is C21H19FN4. The first-order chi connectivity index (χ1) is 12.6. The Labute approximate surface area is 151 Å². The quantitative estimate of drug-likeness (QED) is 0.589. The summed E-state index contributed by atoms with van der Waals surface area (Å²) in [7, 11) is 0. The van der Waals surface area contributed by atoms with Crippen molar-refractivity contribution in [1.29, 1.82) is 0 Å². The van der Waals surface area contributed by atoms with Crippen LogP contribution in [-0.4, -0.2) is 19.9 Å². The van der Waals surface area contributed by atoms with Gasteiger partial charge >= 0.3 is 0 Å². The van der Waals surface area contributed by atoms with E-state index in [1.54, 1.807) is 12.4 Å². The third-order valence-electron chi connectivity index (χ3n) is 4.46. The fraction of sp³-hybridized carbons (Fsp3) is 0.190. The molecule has 0 atom stereocenters. The molecule has 0 saturated heterocycles. The maximum Gasteiger partial charge on any atom is 0.177 e. The number of aryl methyl sites for hydroxylation is 4. The van der Waals surface area contributed by atoms with Crippen LogP contribution < -0.4 is 0 Å². The number of fused-ring (bicyclic) bond motifs is 1. The highest BCUT2D eigenvalue weighted by Crippen LogP contribution is 2.21. The topological polar surface area (TPSA) is 54.5 Å². The monoisotopic (exact) mass is 346 g/mol. The smallest absolute Gasteiger partial charge is 0.177 e. The zero-order valence-electron chi connectivity index (χ0n) is 14.8. The first-order valence-electron chi connectivity index (χ1n) is 8.61. The molecule has 0 amide bonds. The normalized spacial score (nSPS) is 11.2. The van der Waals surface area contributed by atoms with Crippen LogP contribution in [0.5, 0.6) is 0 Å². The summed E-state index contributed by atoms with van der Waals surface area (Å²) < 4.78 is 13.7. The van der Waals surface area contributed by atoms with E-state index in [0.29, 0.717) is 0 Å².